The molecule has 0 saturated heterocycles. The van der Waals surface area contributed by atoms with Crippen LogP contribution in [0.1, 0.15) is 23.9 Å². The molecule has 3 aromatic rings. The molecule has 0 atom stereocenters. The van der Waals surface area contributed by atoms with Crippen molar-refractivity contribution in [2.45, 2.75) is 31.8 Å². The van der Waals surface area contributed by atoms with Gasteiger partial charge in [0.1, 0.15) is 5.82 Å². The average Bonchev–Trinajstić information content (AvgIpc) is 3.10. The van der Waals surface area contributed by atoms with Crippen LogP contribution in [0, 0.1) is 6.92 Å². The van der Waals surface area contributed by atoms with Crippen molar-refractivity contribution in [3.63, 3.8) is 0 Å². The minimum absolute atomic E-state index is 0.0274. The molecule has 0 saturated carbocycles. The Labute approximate surface area is 200 Å². The third-order valence-electron chi connectivity index (χ3n) is 4.78. The Bertz CT molecular complexity index is 1150. The number of carbonyl (C=O) groups excluding carboxylic acids is 2. The molecule has 2 N–H and O–H groups in total. The van der Waals surface area contributed by atoms with Gasteiger partial charge in [0.05, 0.1) is 22.2 Å². The van der Waals surface area contributed by atoms with Crippen LogP contribution in [-0.2, 0) is 29.5 Å². The summed E-state index contributed by atoms with van der Waals surface area (Å²) in [5, 5.41) is 15.3. The van der Waals surface area contributed by atoms with Gasteiger partial charge in [-0.3, -0.25) is 9.59 Å². The van der Waals surface area contributed by atoms with E-state index in [4.69, 9.17) is 23.2 Å². The van der Waals surface area contributed by atoms with Crippen molar-refractivity contribution in [3.8, 4) is 0 Å². The number of carbonyl (C=O) groups is 2. The Morgan fingerprint density at radius 3 is 2.56 bits per heavy atom. The lowest BCUT2D eigenvalue weighted by molar-refractivity contribution is -0.116. The standard InChI is InChI=1S/C22H23Cl2N5O2S/c1-4-14-7-5-6-13(2)21(14)26-20(31)12-32-22-28-27-18(29(22)3)11-19(30)25-15-8-9-16(23)17(24)10-15/h5-10H,4,11-12H2,1-3H3,(H,25,30)(H,26,31). The van der Waals surface area contributed by atoms with Gasteiger partial charge in [-0.25, -0.2) is 0 Å². The minimum Gasteiger partial charge on any atom is -0.326 e. The molecular formula is C22H23Cl2N5O2S. The van der Waals surface area contributed by atoms with Crippen LogP contribution in [0.3, 0.4) is 0 Å². The predicted octanol–water partition coefficient (Wildman–Crippen LogP) is 4.90. The summed E-state index contributed by atoms with van der Waals surface area (Å²) < 4.78 is 1.71. The normalized spacial score (nSPS) is 10.8. The molecule has 0 fully saturated rings. The number of anilines is 2. The van der Waals surface area contributed by atoms with Gasteiger partial charge in [-0.05, 0) is 42.7 Å². The van der Waals surface area contributed by atoms with E-state index < -0.39 is 0 Å². The first-order chi connectivity index (χ1) is 15.3. The number of thioether (sulfide) groups is 1. The van der Waals surface area contributed by atoms with Crippen LogP contribution in [0.4, 0.5) is 11.4 Å². The van der Waals surface area contributed by atoms with Crippen LogP contribution in [0.25, 0.3) is 0 Å². The molecule has 0 radical (unpaired) electrons. The summed E-state index contributed by atoms with van der Waals surface area (Å²) in [7, 11) is 1.76. The summed E-state index contributed by atoms with van der Waals surface area (Å²) in [6.07, 6.45) is 0.862. The first-order valence-electron chi connectivity index (χ1n) is 9.92. The number of para-hydroxylation sites is 1. The van der Waals surface area contributed by atoms with E-state index in [1.54, 1.807) is 29.8 Å². The molecule has 32 heavy (non-hydrogen) atoms. The van der Waals surface area contributed by atoms with Gasteiger partial charge in [0, 0.05) is 18.4 Å². The third-order valence-corrected chi connectivity index (χ3v) is 6.54. The number of hydrogen-bond donors (Lipinski definition) is 2. The van der Waals surface area contributed by atoms with Crippen LogP contribution in [0.5, 0.6) is 0 Å². The number of nitrogens with zero attached hydrogens (tertiary/aromatic N) is 3. The fourth-order valence-corrected chi connectivity index (χ4v) is 4.08. The van der Waals surface area contributed by atoms with Gasteiger partial charge < -0.3 is 15.2 Å². The van der Waals surface area contributed by atoms with Crippen LogP contribution in [0.2, 0.25) is 10.0 Å². The maximum absolute atomic E-state index is 12.5. The fourth-order valence-electron chi connectivity index (χ4n) is 3.05. The monoisotopic (exact) mass is 491 g/mol. The maximum atomic E-state index is 12.5. The predicted molar refractivity (Wildman–Crippen MR) is 130 cm³/mol. The Morgan fingerprint density at radius 2 is 1.84 bits per heavy atom. The molecule has 2 aromatic carbocycles. The molecule has 0 aliphatic rings. The average molecular weight is 492 g/mol. The van der Waals surface area contributed by atoms with Crippen molar-refractivity contribution in [1.82, 2.24) is 14.8 Å². The molecule has 0 bridgehead atoms. The van der Waals surface area contributed by atoms with Crippen LogP contribution in [-0.4, -0.2) is 32.3 Å². The van der Waals surface area contributed by atoms with E-state index in [0.717, 1.165) is 23.2 Å². The van der Waals surface area contributed by atoms with E-state index >= 15 is 0 Å². The summed E-state index contributed by atoms with van der Waals surface area (Å²) in [5.74, 6) is 0.275. The molecule has 1 heterocycles. The zero-order valence-electron chi connectivity index (χ0n) is 17.9. The highest BCUT2D eigenvalue weighted by Crippen LogP contribution is 2.25. The van der Waals surface area contributed by atoms with Gasteiger partial charge in [-0.15, -0.1) is 10.2 Å². The fraction of sp³-hybridized carbons (Fsp3) is 0.273. The van der Waals surface area contributed by atoms with Crippen molar-refractivity contribution >= 4 is 58.2 Å². The minimum atomic E-state index is -0.264. The molecule has 168 valence electrons. The Kier molecular flexibility index (Phi) is 8.17. The molecule has 1 aromatic heterocycles. The molecule has 0 aliphatic carbocycles. The van der Waals surface area contributed by atoms with Gasteiger partial charge in [0.2, 0.25) is 11.8 Å². The number of benzene rings is 2. The Morgan fingerprint density at radius 1 is 1.06 bits per heavy atom. The van der Waals surface area contributed by atoms with Crippen molar-refractivity contribution in [2.24, 2.45) is 7.05 Å². The lowest BCUT2D eigenvalue weighted by atomic mass is 10.1. The highest BCUT2D eigenvalue weighted by molar-refractivity contribution is 7.99. The second-order valence-electron chi connectivity index (χ2n) is 7.11. The highest BCUT2D eigenvalue weighted by atomic mass is 35.5. The van der Waals surface area contributed by atoms with E-state index in [2.05, 4.69) is 27.8 Å². The first-order valence-corrected chi connectivity index (χ1v) is 11.7. The summed E-state index contributed by atoms with van der Waals surface area (Å²) in [4.78, 5) is 24.8. The van der Waals surface area contributed by atoms with Gasteiger partial charge >= 0.3 is 0 Å². The zero-order valence-corrected chi connectivity index (χ0v) is 20.2. The number of rotatable bonds is 8. The summed E-state index contributed by atoms with van der Waals surface area (Å²) >= 11 is 13.1. The quantitative estimate of drug-likeness (QED) is 0.437. The lowest BCUT2D eigenvalue weighted by Gasteiger charge is -2.12. The summed E-state index contributed by atoms with van der Waals surface area (Å²) in [6, 6.07) is 10.8. The number of aryl methyl sites for hydroxylation is 2. The van der Waals surface area contributed by atoms with Crippen molar-refractivity contribution in [2.75, 3.05) is 16.4 Å². The van der Waals surface area contributed by atoms with E-state index in [1.807, 2.05) is 25.1 Å². The van der Waals surface area contributed by atoms with Gasteiger partial charge in [-0.1, -0.05) is 60.1 Å². The Hall–Kier alpha value is -2.55. The van der Waals surface area contributed by atoms with Crippen molar-refractivity contribution in [3.05, 3.63) is 63.4 Å². The molecule has 7 nitrogen and oxygen atoms in total. The van der Waals surface area contributed by atoms with Crippen molar-refractivity contribution in [1.29, 1.82) is 0 Å². The second-order valence-corrected chi connectivity index (χ2v) is 8.87. The maximum Gasteiger partial charge on any atom is 0.234 e. The smallest absolute Gasteiger partial charge is 0.234 e. The second kappa shape index (κ2) is 10.8. The summed E-state index contributed by atoms with van der Waals surface area (Å²) in [5.41, 5.74) is 3.52. The molecule has 2 amide bonds. The largest absolute Gasteiger partial charge is 0.326 e. The lowest BCUT2D eigenvalue weighted by Crippen LogP contribution is -2.17. The van der Waals surface area contributed by atoms with E-state index in [-0.39, 0.29) is 24.0 Å². The number of halogens is 2. The summed E-state index contributed by atoms with van der Waals surface area (Å²) in [6.45, 7) is 4.03. The van der Waals surface area contributed by atoms with E-state index in [1.165, 1.54) is 11.8 Å². The van der Waals surface area contributed by atoms with Crippen LogP contribution in [0.15, 0.2) is 41.6 Å². The number of aromatic nitrogens is 3. The Balaban J connectivity index is 1.57. The van der Waals surface area contributed by atoms with E-state index in [0.29, 0.717) is 26.7 Å². The van der Waals surface area contributed by atoms with E-state index in [9.17, 15) is 9.59 Å². The SMILES string of the molecule is CCc1cccc(C)c1NC(=O)CSc1nnc(CC(=O)Nc2ccc(Cl)c(Cl)c2)n1C. The molecule has 0 spiro atoms. The molecule has 0 unspecified atom stereocenters. The number of amides is 2. The van der Waals surface area contributed by atoms with Gasteiger partial charge in [-0.2, -0.15) is 0 Å². The third kappa shape index (κ3) is 6.03. The molecule has 3 rings (SSSR count). The van der Waals surface area contributed by atoms with Crippen LogP contribution >= 0.6 is 35.0 Å². The van der Waals surface area contributed by atoms with Gasteiger partial charge in [0.15, 0.2) is 5.16 Å². The first kappa shape index (κ1) is 24.1. The van der Waals surface area contributed by atoms with Crippen molar-refractivity contribution < 1.29 is 9.59 Å². The molecule has 0 aliphatic heterocycles. The van der Waals surface area contributed by atoms with Crippen LogP contribution < -0.4 is 10.6 Å². The molecular weight excluding hydrogens is 469 g/mol. The number of nitrogens with one attached hydrogen (secondary N) is 2. The zero-order chi connectivity index (χ0) is 23.3. The molecule has 10 heteroatoms. The highest BCUT2D eigenvalue weighted by Gasteiger charge is 2.16. The topological polar surface area (TPSA) is 88.9 Å². The number of hydrogen-bond acceptors (Lipinski definition) is 5. The van der Waals surface area contributed by atoms with Gasteiger partial charge in [0.25, 0.3) is 0 Å².